The van der Waals surface area contributed by atoms with E-state index in [1.54, 1.807) is 23.0 Å². The van der Waals surface area contributed by atoms with Crippen molar-refractivity contribution in [3.05, 3.63) is 46.0 Å². The van der Waals surface area contributed by atoms with E-state index in [9.17, 15) is 10.1 Å². The normalized spacial score (nSPS) is 11.4. The molecule has 1 aromatic carbocycles. The van der Waals surface area contributed by atoms with Crippen molar-refractivity contribution in [2.45, 2.75) is 6.92 Å². The molecule has 0 aliphatic heterocycles. The fourth-order valence-corrected chi connectivity index (χ4v) is 1.78. The Kier molecular flexibility index (Phi) is 3.79. The Hall–Kier alpha value is -2.70. The summed E-state index contributed by atoms with van der Waals surface area (Å²) in [4.78, 5) is 10.5. The van der Waals surface area contributed by atoms with Gasteiger partial charge in [0.1, 0.15) is 6.33 Å². The van der Waals surface area contributed by atoms with E-state index in [0.717, 1.165) is 11.1 Å². The second kappa shape index (κ2) is 5.52. The van der Waals surface area contributed by atoms with Crippen LogP contribution >= 0.6 is 0 Å². The van der Waals surface area contributed by atoms with Gasteiger partial charge < -0.3 is 9.30 Å². The molecule has 0 aliphatic rings. The molecule has 2 aromatic rings. The third-order valence-electron chi connectivity index (χ3n) is 2.92. The van der Waals surface area contributed by atoms with Gasteiger partial charge in [0.25, 0.3) is 0 Å². The van der Waals surface area contributed by atoms with Crippen molar-refractivity contribution in [2.24, 2.45) is 7.05 Å². The van der Waals surface area contributed by atoms with E-state index in [4.69, 9.17) is 4.74 Å². The zero-order chi connectivity index (χ0) is 14.7. The molecule has 104 valence electrons. The summed E-state index contributed by atoms with van der Waals surface area (Å²) in [7, 11) is 3.24. The topological polar surface area (TPSA) is 83.1 Å². The van der Waals surface area contributed by atoms with Gasteiger partial charge >= 0.3 is 5.69 Å². The second-order valence-electron chi connectivity index (χ2n) is 4.27. The van der Waals surface area contributed by atoms with Crippen LogP contribution in [0.3, 0.4) is 0 Å². The Labute approximate surface area is 115 Å². The summed E-state index contributed by atoms with van der Waals surface area (Å²) in [6, 6.07) is 4.84. The maximum absolute atomic E-state index is 11.0. The molecule has 2 rings (SSSR count). The summed E-state index contributed by atoms with van der Waals surface area (Å²) in [6.45, 7) is 1.86. The molecule has 0 fully saturated rings. The molecule has 0 saturated carbocycles. The number of hydrogen-bond donors (Lipinski definition) is 0. The highest BCUT2D eigenvalue weighted by molar-refractivity contribution is 5.79. The van der Waals surface area contributed by atoms with Crippen LogP contribution in [-0.4, -0.2) is 26.8 Å². The van der Waals surface area contributed by atoms with Crippen molar-refractivity contribution in [1.29, 1.82) is 0 Å². The number of allylic oxidation sites excluding steroid dienone is 1. The summed E-state index contributed by atoms with van der Waals surface area (Å²) in [6.07, 6.45) is 3.41. The van der Waals surface area contributed by atoms with Gasteiger partial charge in [0.2, 0.25) is 0 Å². The molecule has 0 amide bonds. The van der Waals surface area contributed by atoms with Crippen LogP contribution in [0.5, 0.6) is 5.75 Å². The third kappa shape index (κ3) is 2.66. The second-order valence-corrected chi connectivity index (χ2v) is 4.27. The Bertz CT molecular complexity index is 676. The molecule has 0 saturated heterocycles. The van der Waals surface area contributed by atoms with Crippen LogP contribution in [0.15, 0.2) is 24.5 Å². The van der Waals surface area contributed by atoms with Crippen LogP contribution in [0, 0.1) is 10.1 Å². The maximum atomic E-state index is 11.0. The minimum absolute atomic E-state index is 0.0595. The first-order chi connectivity index (χ1) is 9.52. The van der Waals surface area contributed by atoms with Gasteiger partial charge in [-0.2, -0.15) is 0 Å². The highest BCUT2D eigenvalue weighted by Crippen LogP contribution is 2.30. The third-order valence-corrected chi connectivity index (χ3v) is 2.92. The molecule has 1 heterocycles. The van der Waals surface area contributed by atoms with Gasteiger partial charge in [-0.1, -0.05) is 6.07 Å². The monoisotopic (exact) mass is 274 g/mol. The van der Waals surface area contributed by atoms with Gasteiger partial charge in [-0.15, -0.1) is 10.2 Å². The Morgan fingerprint density at radius 3 is 2.80 bits per heavy atom. The van der Waals surface area contributed by atoms with Crippen molar-refractivity contribution in [2.75, 3.05) is 7.11 Å². The van der Waals surface area contributed by atoms with Crippen LogP contribution in [0.4, 0.5) is 5.69 Å². The molecule has 7 heteroatoms. The van der Waals surface area contributed by atoms with Crippen molar-refractivity contribution >= 4 is 17.3 Å². The van der Waals surface area contributed by atoms with E-state index in [1.807, 2.05) is 20.0 Å². The average Bonchev–Trinajstić information content (AvgIpc) is 2.83. The number of methoxy groups -OCH3 is 1. The van der Waals surface area contributed by atoms with Crippen molar-refractivity contribution < 1.29 is 9.66 Å². The molecule has 0 spiro atoms. The first-order valence-electron chi connectivity index (χ1n) is 5.88. The molecule has 0 radical (unpaired) electrons. The lowest BCUT2D eigenvalue weighted by Gasteiger charge is -2.05. The quantitative estimate of drug-likeness (QED) is 0.631. The fraction of sp³-hybridized carbons (Fsp3) is 0.231. The van der Waals surface area contributed by atoms with Gasteiger partial charge in [0, 0.05) is 13.1 Å². The number of aryl methyl sites for hydroxylation is 1. The number of nitro benzene ring substituents is 1. The number of rotatable bonds is 4. The largest absolute Gasteiger partial charge is 0.490 e. The standard InChI is InChI=1S/C13H14N4O3/c1-9(6-13-15-14-8-16(13)2)10-4-5-12(20-3)11(7-10)17(18)19/h4-8H,1-3H3. The highest BCUT2D eigenvalue weighted by Gasteiger charge is 2.15. The van der Waals surface area contributed by atoms with Crippen LogP contribution in [0.2, 0.25) is 0 Å². The molecule has 0 unspecified atom stereocenters. The van der Waals surface area contributed by atoms with E-state index < -0.39 is 4.92 Å². The predicted octanol–water partition coefficient (Wildman–Crippen LogP) is 2.29. The predicted molar refractivity (Wildman–Crippen MR) is 74.2 cm³/mol. The molecule has 20 heavy (non-hydrogen) atoms. The molecule has 0 aliphatic carbocycles. The molecule has 1 aromatic heterocycles. The lowest BCUT2D eigenvalue weighted by Crippen LogP contribution is -1.95. The number of hydrogen-bond acceptors (Lipinski definition) is 5. The molecular formula is C13H14N4O3. The first-order valence-corrected chi connectivity index (χ1v) is 5.88. The van der Waals surface area contributed by atoms with E-state index in [0.29, 0.717) is 5.82 Å². The summed E-state index contributed by atoms with van der Waals surface area (Å²) in [5, 5.41) is 18.7. The minimum Gasteiger partial charge on any atom is -0.490 e. The maximum Gasteiger partial charge on any atom is 0.311 e. The zero-order valence-electron chi connectivity index (χ0n) is 11.4. The Balaban J connectivity index is 2.43. The van der Waals surface area contributed by atoms with E-state index in [1.165, 1.54) is 13.2 Å². The lowest BCUT2D eigenvalue weighted by atomic mass is 10.1. The smallest absolute Gasteiger partial charge is 0.311 e. The Morgan fingerprint density at radius 1 is 1.50 bits per heavy atom. The molecular weight excluding hydrogens is 260 g/mol. The molecule has 0 N–H and O–H groups in total. The number of ether oxygens (including phenoxy) is 1. The zero-order valence-corrected chi connectivity index (χ0v) is 11.4. The minimum atomic E-state index is -0.460. The van der Waals surface area contributed by atoms with E-state index >= 15 is 0 Å². The first kappa shape index (κ1) is 13.7. The van der Waals surface area contributed by atoms with Crippen molar-refractivity contribution in [1.82, 2.24) is 14.8 Å². The van der Waals surface area contributed by atoms with Gasteiger partial charge in [0.05, 0.1) is 12.0 Å². The average molecular weight is 274 g/mol. The van der Waals surface area contributed by atoms with Crippen LogP contribution in [-0.2, 0) is 7.05 Å². The molecule has 0 atom stereocenters. The number of nitrogens with zero attached hydrogens (tertiary/aromatic N) is 4. The van der Waals surface area contributed by atoms with Gasteiger partial charge in [-0.3, -0.25) is 10.1 Å². The Morgan fingerprint density at radius 2 is 2.25 bits per heavy atom. The summed E-state index contributed by atoms with van der Waals surface area (Å²) in [5.41, 5.74) is 1.53. The van der Waals surface area contributed by atoms with Crippen LogP contribution in [0.1, 0.15) is 18.3 Å². The number of nitro groups is 1. The lowest BCUT2D eigenvalue weighted by molar-refractivity contribution is -0.385. The molecule has 7 nitrogen and oxygen atoms in total. The van der Waals surface area contributed by atoms with Gasteiger partial charge in [-0.25, -0.2) is 0 Å². The number of aromatic nitrogens is 3. The van der Waals surface area contributed by atoms with Crippen LogP contribution in [0.25, 0.3) is 11.6 Å². The summed E-state index contributed by atoms with van der Waals surface area (Å²) < 4.78 is 6.74. The number of benzene rings is 1. The fourth-order valence-electron chi connectivity index (χ4n) is 1.78. The van der Waals surface area contributed by atoms with Crippen molar-refractivity contribution in [3.8, 4) is 5.75 Å². The van der Waals surface area contributed by atoms with Crippen molar-refractivity contribution in [3.63, 3.8) is 0 Å². The molecule has 0 bridgehead atoms. The SMILES string of the molecule is COc1ccc(C(C)=Cc2nncn2C)cc1[N+](=O)[O-]. The summed E-state index contributed by atoms with van der Waals surface area (Å²) >= 11 is 0. The van der Waals surface area contributed by atoms with Crippen LogP contribution < -0.4 is 4.74 Å². The van der Waals surface area contributed by atoms with Gasteiger partial charge in [-0.05, 0) is 30.2 Å². The van der Waals surface area contributed by atoms with Gasteiger partial charge in [0.15, 0.2) is 11.6 Å². The van der Waals surface area contributed by atoms with E-state index in [2.05, 4.69) is 10.2 Å². The summed E-state index contributed by atoms with van der Waals surface area (Å²) in [5.74, 6) is 0.922. The van der Waals surface area contributed by atoms with E-state index in [-0.39, 0.29) is 11.4 Å². The highest BCUT2D eigenvalue weighted by atomic mass is 16.6.